The first-order valence-electron chi connectivity index (χ1n) is 6.44. The van der Waals surface area contributed by atoms with Gasteiger partial charge in [0.1, 0.15) is 5.60 Å². The lowest BCUT2D eigenvalue weighted by Crippen LogP contribution is -2.51. The van der Waals surface area contributed by atoms with Crippen molar-refractivity contribution < 1.29 is 14.6 Å². The molecule has 0 radical (unpaired) electrons. The first-order chi connectivity index (χ1) is 9.48. The Morgan fingerprint density at radius 2 is 2.20 bits per heavy atom. The highest BCUT2D eigenvalue weighted by Gasteiger charge is 2.39. The van der Waals surface area contributed by atoms with E-state index in [0.29, 0.717) is 36.2 Å². The SMILES string of the molecule is CC(=O)N1CCOC(CCO)(c2ccc(Cl)c(Cl)c2)C1. The van der Waals surface area contributed by atoms with Crippen molar-refractivity contribution in [1.29, 1.82) is 0 Å². The second-order valence-corrected chi connectivity index (χ2v) is 5.70. The van der Waals surface area contributed by atoms with Gasteiger partial charge in [0.05, 0.1) is 23.2 Å². The van der Waals surface area contributed by atoms with Crippen LogP contribution in [-0.4, -0.2) is 42.2 Å². The molecule has 0 saturated carbocycles. The van der Waals surface area contributed by atoms with E-state index >= 15 is 0 Å². The fourth-order valence-corrected chi connectivity index (χ4v) is 2.78. The summed E-state index contributed by atoms with van der Waals surface area (Å²) in [6, 6.07) is 5.27. The molecule has 1 N–H and O–H groups in total. The maximum atomic E-state index is 11.6. The van der Waals surface area contributed by atoms with Crippen molar-refractivity contribution >= 4 is 29.1 Å². The van der Waals surface area contributed by atoms with Gasteiger partial charge in [-0.3, -0.25) is 4.79 Å². The molecule has 1 aliphatic rings. The van der Waals surface area contributed by atoms with Crippen molar-refractivity contribution in [3.8, 4) is 0 Å². The van der Waals surface area contributed by atoms with Gasteiger partial charge in [0.25, 0.3) is 0 Å². The van der Waals surface area contributed by atoms with Crippen LogP contribution in [0.3, 0.4) is 0 Å². The number of hydrogen-bond donors (Lipinski definition) is 1. The summed E-state index contributed by atoms with van der Waals surface area (Å²) in [6.45, 7) is 2.89. The molecule has 0 bridgehead atoms. The summed E-state index contributed by atoms with van der Waals surface area (Å²) in [4.78, 5) is 13.3. The number of amides is 1. The maximum Gasteiger partial charge on any atom is 0.219 e. The van der Waals surface area contributed by atoms with Crippen LogP contribution in [0, 0.1) is 0 Å². The van der Waals surface area contributed by atoms with E-state index in [0.717, 1.165) is 5.56 Å². The highest BCUT2D eigenvalue weighted by atomic mass is 35.5. The highest BCUT2D eigenvalue weighted by Crippen LogP contribution is 2.36. The first kappa shape index (κ1) is 15.6. The van der Waals surface area contributed by atoms with Gasteiger partial charge in [-0.2, -0.15) is 0 Å². The Labute approximate surface area is 128 Å². The Kier molecular flexibility index (Phi) is 4.91. The third-order valence-corrected chi connectivity index (χ3v) is 4.33. The van der Waals surface area contributed by atoms with Crippen LogP contribution < -0.4 is 0 Å². The van der Waals surface area contributed by atoms with Gasteiger partial charge in [-0.25, -0.2) is 0 Å². The van der Waals surface area contributed by atoms with Crippen LogP contribution in [0.15, 0.2) is 18.2 Å². The molecule has 1 unspecified atom stereocenters. The number of aliphatic hydroxyl groups is 1. The van der Waals surface area contributed by atoms with E-state index in [1.54, 1.807) is 17.0 Å². The van der Waals surface area contributed by atoms with Crippen molar-refractivity contribution in [3.05, 3.63) is 33.8 Å². The van der Waals surface area contributed by atoms with Crippen LogP contribution in [0.2, 0.25) is 10.0 Å². The smallest absolute Gasteiger partial charge is 0.219 e. The Morgan fingerprint density at radius 3 is 2.80 bits per heavy atom. The molecule has 6 heteroatoms. The molecule has 0 aliphatic carbocycles. The van der Waals surface area contributed by atoms with E-state index in [2.05, 4.69) is 0 Å². The molecule has 1 aromatic carbocycles. The number of aliphatic hydroxyl groups excluding tert-OH is 1. The predicted octanol–water partition coefficient (Wildman–Crippen LogP) is 2.45. The molecule has 1 saturated heterocycles. The average molecular weight is 318 g/mol. The van der Waals surface area contributed by atoms with Crippen molar-refractivity contribution in [3.63, 3.8) is 0 Å². The molecule has 4 nitrogen and oxygen atoms in total. The highest BCUT2D eigenvalue weighted by molar-refractivity contribution is 6.42. The number of benzene rings is 1. The van der Waals surface area contributed by atoms with Gasteiger partial charge in [-0.15, -0.1) is 0 Å². The number of rotatable bonds is 3. The van der Waals surface area contributed by atoms with Gasteiger partial charge in [0.15, 0.2) is 0 Å². The van der Waals surface area contributed by atoms with Gasteiger partial charge in [-0.1, -0.05) is 29.3 Å². The zero-order valence-electron chi connectivity index (χ0n) is 11.2. The number of hydrogen-bond acceptors (Lipinski definition) is 3. The lowest BCUT2D eigenvalue weighted by atomic mass is 9.88. The zero-order valence-corrected chi connectivity index (χ0v) is 12.7. The molecule has 1 amide bonds. The topological polar surface area (TPSA) is 49.8 Å². The summed E-state index contributed by atoms with van der Waals surface area (Å²) < 4.78 is 5.91. The largest absolute Gasteiger partial charge is 0.396 e. The monoisotopic (exact) mass is 317 g/mol. The van der Waals surface area contributed by atoms with Crippen molar-refractivity contribution in [2.24, 2.45) is 0 Å². The average Bonchev–Trinajstić information content (AvgIpc) is 2.42. The molecule has 1 atom stereocenters. The second kappa shape index (κ2) is 6.31. The third kappa shape index (κ3) is 3.09. The van der Waals surface area contributed by atoms with Gasteiger partial charge in [-0.05, 0) is 17.7 Å². The molecule has 20 heavy (non-hydrogen) atoms. The summed E-state index contributed by atoms with van der Waals surface area (Å²) in [5.74, 6) is -0.00400. The fourth-order valence-electron chi connectivity index (χ4n) is 2.48. The van der Waals surface area contributed by atoms with E-state index < -0.39 is 5.60 Å². The van der Waals surface area contributed by atoms with Crippen molar-refractivity contribution in [1.82, 2.24) is 4.90 Å². The van der Waals surface area contributed by atoms with Gasteiger partial charge in [0.2, 0.25) is 5.91 Å². The summed E-state index contributed by atoms with van der Waals surface area (Å²) >= 11 is 12.0. The van der Waals surface area contributed by atoms with E-state index in [9.17, 15) is 9.90 Å². The minimum Gasteiger partial charge on any atom is -0.396 e. The normalized spacial score (nSPS) is 22.9. The summed E-state index contributed by atoms with van der Waals surface area (Å²) in [6.07, 6.45) is 0.398. The number of ether oxygens (including phenoxy) is 1. The molecule has 1 aliphatic heterocycles. The number of nitrogens with zero attached hydrogens (tertiary/aromatic N) is 1. The quantitative estimate of drug-likeness (QED) is 0.931. The number of carbonyl (C=O) groups is 1. The number of halogens is 2. The predicted molar refractivity (Wildman–Crippen MR) is 78.0 cm³/mol. The fraction of sp³-hybridized carbons (Fsp3) is 0.500. The molecule has 1 heterocycles. The Morgan fingerprint density at radius 1 is 1.45 bits per heavy atom. The van der Waals surface area contributed by atoms with Crippen molar-refractivity contribution in [2.75, 3.05) is 26.3 Å². The number of morpholine rings is 1. The van der Waals surface area contributed by atoms with Gasteiger partial charge in [0, 0.05) is 26.5 Å². The molecule has 1 aromatic rings. The van der Waals surface area contributed by atoms with E-state index in [-0.39, 0.29) is 12.5 Å². The lowest BCUT2D eigenvalue weighted by molar-refractivity contribution is -0.153. The summed E-state index contributed by atoms with van der Waals surface area (Å²) in [5, 5.41) is 10.3. The Hall–Kier alpha value is -0.810. The van der Waals surface area contributed by atoms with Crippen LogP contribution in [0.5, 0.6) is 0 Å². The van der Waals surface area contributed by atoms with Crippen LogP contribution in [-0.2, 0) is 15.1 Å². The Bertz CT molecular complexity index is 505. The molecular formula is C14H17Cl2NO3. The lowest BCUT2D eigenvalue weighted by Gasteiger charge is -2.42. The third-order valence-electron chi connectivity index (χ3n) is 3.59. The van der Waals surface area contributed by atoms with E-state index in [4.69, 9.17) is 27.9 Å². The number of carbonyl (C=O) groups excluding carboxylic acids is 1. The van der Waals surface area contributed by atoms with Crippen LogP contribution in [0.25, 0.3) is 0 Å². The van der Waals surface area contributed by atoms with E-state index in [1.807, 2.05) is 6.07 Å². The molecular weight excluding hydrogens is 301 g/mol. The zero-order chi connectivity index (χ0) is 14.8. The second-order valence-electron chi connectivity index (χ2n) is 4.89. The van der Waals surface area contributed by atoms with Crippen LogP contribution in [0.1, 0.15) is 18.9 Å². The molecule has 0 spiro atoms. The first-order valence-corrected chi connectivity index (χ1v) is 7.20. The molecule has 1 fully saturated rings. The summed E-state index contributed by atoms with van der Waals surface area (Å²) in [5.41, 5.74) is 0.0966. The van der Waals surface area contributed by atoms with Crippen molar-refractivity contribution in [2.45, 2.75) is 18.9 Å². The molecule has 0 aromatic heterocycles. The van der Waals surface area contributed by atoms with Crippen LogP contribution >= 0.6 is 23.2 Å². The minimum absolute atomic E-state index is 0.00400. The summed E-state index contributed by atoms with van der Waals surface area (Å²) in [7, 11) is 0. The maximum absolute atomic E-state index is 11.6. The molecule has 2 rings (SSSR count). The Balaban J connectivity index is 2.37. The van der Waals surface area contributed by atoms with Crippen LogP contribution in [0.4, 0.5) is 0 Å². The minimum atomic E-state index is -0.729. The van der Waals surface area contributed by atoms with E-state index in [1.165, 1.54) is 6.92 Å². The molecule has 110 valence electrons. The van der Waals surface area contributed by atoms with Gasteiger partial charge >= 0.3 is 0 Å². The van der Waals surface area contributed by atoms with Gasteiger partial charge < -0.3 is 14.7 Å². The standard InChI is InChI=1S/C14H17Cl2NO3/c1-10(19)17-5-7-20-14(9-17,4-6-18)11-2-3-12(15)13(16)8-11/h2-3,8,18H,4-7,9H2,1H3.